The first-order chi connectivity index (χ1) is 7.36. The van der Waals surface area contributed by atoms with Crippen LogP contribution in [-0.4, -0.2) is 22.4 Å². The van der Waals surface area contributed by atoms with Gasteiger partial charge < -0.3 is 5.32 Å². The summed E-state index contributed by atoms with van der Waals surface area (Å²) in [6.07, 6.45) is 3.15. The summed E-state index contributed by atoms with van der Waals surface area (Å²) in [7, 11) is 0. The lowest BCUT2D eigenvalue weighted by atomic mass is 9.99. The monoisotopic (exact) mass is 219 g/mol. The van der Waals surface area contributed by atoms with Crippen molar-refractivity contribution in [2.45, 2.75) is 19.3 Å². The minimum atomic E-state index is 0.648. The number of fused-ring (bicyclic) bond motifs is 1. The largest absolute Gasteiger partial charge is 0.316 e. The van der Waals surface area contributed by atoms with Gasteiger partial charge in [0.2, 0.25) is 0 Å². The second-order valence-electron chi connectivity index (χ2n) is 4.04. The number of nitrogens with zero attached hydrogens (tertiary/aromatic N) is 2. The zero-order valence-electron chi connectivity index (χ0n) is 8.66. The van der Waals surface area contributed by atoms with Crippen LogP contribution in [0.4, 0.5) is 0 Å². The van der Waals surface area contributed by atoms with Crippen molar-refractivity contribution in [3.63, 3.8) is 0 Å². The van der Waals surface area contributed by atoms with Gasteiger partial charge in [-0.05, 0) is 49.0 Å². The second kappa shape index (κ2) is 3.54. The molecule has 2 aromatic heterocycles. The molecule has 1 aliphatic rings. The minimum Gasteiger partial charge on any atom is -0.316 e. The maximum absolute atomic E-state index is 4.40. The van der Waals surface area contributed by atoms with Gasteiger partial charge in [-0.1, -0.05) is 0 Å². The van der Waals surface area contributed by atoms with Crippen LogP contribution in [0.25, 0.3) is 10.2 Å². The third-order valence-corrected chi connectivity index (χ3v) is 4.03. The second-order valence-corrected chi connectivity index (χ2v) is 4.81. The molecule has 0 aliphatic carbocycles. The predicted octanol–water partition coefficient (Wildman–Crippen LogP) is 2.08. The number of nitrogens with one attached hydrogen (secondary N) is 1. The lowest BCUT2D eigenvalue weighted by Crippen LogP contribution is -2.08. The molecular formula is C11H13N3S. The van der Waals surface area contributed by atoms with Gasteiger partial charge in [0.15, 0.2) is 0 Å². The molecule has 0 saturated carbocycles. The number of hydrogen-bond donors (Lipinski definition) is 1. The number of rotatable bonds is 1. The summed E-state index contributed by atoms with van der Waals surface area (Å²) in [5.74, 6) is 0.648. The van der Waals surface area contributed by atoms with E-state index in [-0.39, 0.29) is 0 Å². The van der Waals surface area contributed by atoms with E-state index in [1.54, 1.807) is 11.5 Å². The Hall–Kier alpha value is -1.00. The highest BCUT2D eigenvalue weighted by molar-refractivity contribution is 7.13. The average molecular weight is 219 g/mol. The molecule has 4 heteroatoms. The molecule has 3 nitrogen and oxygen atoms in total. The molecule has 1 unspecified atom stereocenters. The topological polar surface area (TPSA) is 37.8 Å². The zero-order chi connectivity index (χ0) is 10.3. The van der Waals surface area contributed by atoms with E-state index >= 15 is 0 Å². The van der Waals surface area contributed by atoms with Gasteiger partial charge in [0.1, 0.15) is 5.52 Å². The summed E-state index contributed by atoms with van der Waals surface area (Å²) in [6.45, 7) is 4.25. The fourth-order valence-corrected chi connectivity index (χ4v) is 3.16. The fourth-order valence-electron chi connectivity index (χ4n) is 2.22. The van der Waals surface area contributed by atoms with Crippen molar-refractivity contribution in [3.05, 3.63) is 23.5 Å². The van der Waals surface area contributed by atoms with E-state index < -0.39 is 0 Å². The van der Waals surface area contributed by atoms with Crippen molar-refractivity contribution >= 4 is 21.7 Å². The Bertz CT molecular complexity index is 486. The van der Waals surface area contributed by atoms with Crippen LogP contribution < -0.4 is 5.32 Å². The maximum atomic E-state index is 4.40. The molecule has 1 atom stereocenters. The molecule has 3 heterocycles. The lowest BCUT2D eigenvalue weighted by molar-refractivity contribution is 0.770. The van der Waals surface area contributed by atoms with Crippen LogP contribution in [0.1, 0.15) is 23.6 Å². The summed E-state index contributed by atoms with van der Waals surface area (Å²) in [5.41, 5.74) is 3.57. The van der Waals surface area contributed by atoms with E-state index in [0.29, 0.717) is 5.92 Å². The van der Waals surface area contributed by atoms with Gasteiger partial charge in [0.05, 0.1) is 10.4 Å². The molecule has 1 N–H and O–H groups in total. The summed E-state index contributed by atoms with van der Waals surface area (Å²) >= 11 is 1.59. The van der Waals surface area contributed by atoms with Crippen LogP contribution in [0.2, 0.25) is 0 Å². The number of aryl methyl sites for hydroxylation is 1. The van der Waals surface area contributed by atoms with E-state index in [2.05, 4.69) is 20.7 Å². The van der Waals surface area contributed by atoms with Crippen molar-refractivity contribution < 1.29 is 0 Å². The SMILES string of the molecule is Cc1nsc2c(C3CCNC3)ccnc12. The van der Waals surface area contributed by atoms with Gasteiger partial charge in [0, 0.05) is 12.7 Å². The maximum Gasteiger partial charge on any atom is 0.104 e. The summed E-state index contributed by atoms with van der Waals surface area (Å²) < 4.78 is 5.67. The van der Waals surface area contributed by atoms with Crippen molar-refractivity contribution in [2.75, 3.05) is 13.1 Å². The molecule has 0 aromatic carbocycles. The first-order valence-corrected chi connectivity index (χ1v) is 6.05. The van der Waals surface area contributed by atoms with Crippen LogP contribution in [0, 0.1) is 6.92 Å². The standard InChI is InChI=1S/C11H13N3S/c1-7-10-11(15-14-7)9(3-5-13-10)8-2-4-12-6-8/h3,5,8,12H,2,4,6H2,1H3. The Morgan fingerprint density at radius 2 is 2.47 bits per heavy atom. The number of hydrogen-bond acceptors (Lipinski definition) is 4. The highest BCUT2D eigenvalue weighted by atomic mass is 32.1. The van der Waals surface area contributed by atoms with Gasteiger partial charge in [-0.25, -0.2) is 0 Å². The van der Waals surface area contributed by atoms with Crippen molar-refractivity contribution in [2.24, 2.45) is 0 Å². The van der Waals surface area contributed by atoms with Crippen molar-refractivity contribution in [1.29, 1.82) is 0 Å². The molecule has 15 heavy (non-hydrogen) atoms. The van der Waals surface area contributed by atoms with Crippen LogP contribution in [0.15, 0.2) is 12.3 Å². The number of pyridine rings is 1. The van der Waals surface area contributed by atoms with E-state index in [1.807, 2.05) is 13.1 Å². The summed E-state index contributed by atoms with van der Waals surface area (Å²) in [5, 5.41) is 3.41. The average Bonchev–Trinajstić information content (AvgIpc) is 2.88. The van der Waals surface area contributed by atoms with Crippen LogP contribution in [0.5, 0.6) is 0 Å². The number of aromatic nitrogens is 2. The summed E-state index contributed by atoms with van der Waals surface area (Å²) in [4.78, 5) is 4.40. The van der Waals surface area contributed by atoms with E-state index in [1.165, 1.54) is 16.7 Å². The zero-order valence-corrected chi connectivity index (χ0v) is 9.47. The molecule has 0 spiro atoms. The van der Waals surface area contributed by atoms with Gasteiger partial charge in [-0.15, -0.1) is 0 Å². The third kappa shape index (κ3) is 1.44. The highest BCUT2D eigenvalue weighted by Crippen LogP contribution is 2.31. The molecule has 1 fully saturated rings. The van der Waals surface area contributed by atoms with E-state index in [4.69, 9.17) is 0 Å². The molecule has 1 saturated heterocycles. The fraction of sp³-hybridized carbons (Fsp3) is 0.455. The molecular weight excluding hydrogens is 206 g/mol. The predicted molar refractivity (Wildman–Crippen MR) is 62.4 cm³/mol. The Morgan fingerprint density at radius 1 is 1.53 bits per heavy atom. The normalized spacial score (nSPS) is 21.3. The molecule has 2 aromatic rings. The van der Waals surface area contributed by atoms with Crippen LogP contribution in [-0.2, 0) is 0 Å². The Morgan fingerprint density at radius 3 is 3.27 bits per heavy atom. The smallest absolute Gasteiger partial charge is 0.104 e. The van der Waals surface area contributed by atoms with Crippen molar-refractivity contribution in [1.82, 2.24) is 14.7 Å². The van der Waals surface area contributed by atoms with Crippen molar-refractivity contribution in [3.8, 4) is 0 Å². The Labute approximate surface area is 92.7 Å². The third-order valence-electron chi connectivity index (χ3n) is 3.05. The van der Waals surface area contributed by atoms with Gasteiger partial charge >= 0.3 is 0 Å². The highest BCUT2D eigenvalue weighted by Gasteiger charge is 2.20. The minimum absolute atomic E-state index is 0.648. The summed E-state index contributed by atoms with van der Waals surface area (Å²) in [6, 6.07) is 2.15. The lowest BCUT2D eigenvalue weighted by Gasteiger charge is -2.08. The van der Waals surface area contributed by atoms with Gasteiger partial charge in [-0.2, -0.15) is 4.37 Å². The molecule has 0 bridgehead atoms. The molecule has 1 aliphatic heterocycles. The Kier molecular flexibility index (Phi) is 2.18. The molecule has 0 radical (unpaired) electrons. The van der Waals surface area contributed by atoms with Gasteiger partial charge in [-0.3, -0.25) is 4.98 Å². The Balaban J connectivity index is 2.17. The first-order valence-electron chi connectivity index (χ1n) is 5.28. The van der Waals surface area contributed by atoms with E-state index in [9.17, 15) is 0 Å². The molecule has 0 amide bonds. The molecule has 78 valence electrons. The van der Waals surface area contributed by atoms with E-state index in [0.717, 1.165) is 24.3 Å². The first kappa shape index (κ1) is 9.24. The quantitative estimate of drug-likeness (QED) is 0.798. The van der Waals surface area contributed by atoms with Gasteiger partial charge in [0.25, 0.3) is 0 Å². The molecule has 3 rings (SSSR count). The van der Waals surface area contributed by atoms with Crippen LogP contribution >= 0.6 is 11.5 Å². The van der Waals surface area contributed by atoms with Crippen LogP contribution in [0.3, 0.4) is 0 Å².